The number of esters is 1. The van der Waals surface area contributed by atoms with Crippen molar-refractivity contribution in [1.82, 2.24) is 4.90 Å². The summed E-state index contributed by atoms with van der Waals surface area (Å²) in [6.45, 7) is 0. The van der Waals surface area contributed by atoms with E-state index in [4.69, 9.17) is 9.47 Å². The van der Waals surface area contributed by atoms with Gasteiger partial charge in [-0.05, 0) is 18.1 Å². The van der Waals surface area contributed by atoms with Crippen LogP contribution in [-0.2, 0) is 9.53 Å². The lowest BCUT2D eigenvalue weighted by Crippen LogP contribution is -2.32. The number of hydrogen-bond acceptors (Lipinski definition) is 6. The van der Waals surface area contributed by atoms with Crippen molar-refractivity contribution < 1.29 is 23.8 Å². The number of allylic oxidation sites excluding steroid dienone is 1. The molecule has 0 aromatic heterocycles. The van der Waals surface area contributed by atoms with E-state index in [9.17, 15) is 9.59 Å². The smallest absolute Gasteiger partial charge is 0.330 e. The molecule has 0 saturated carbocycles. The van der Waals surface area contributed by atoms with Crippen LogP contribution in [-0.4, -0.2) is 50.4 Å². The lowest BCUT2D eigenvalue weighted by atomic mass is 10.1. The standard InChI is InChI=1S/C18H18N2O5/c1-23-15-7-13-14(8-16(15)24-2)19-9-12-6-11(4-5-17(21)25-3)10-20(12)18(13)22/h4-5,7-10,12H,6H2,1-3H3/b5-4+/t12-/m0/s1. The van der Waals surface area contributed by atoms with Gasteiger partial charge in [0.25, 0.3) is 5.91 Å². The Kier molecular flexibility index (Phi) is 4.56. The fourth-order valence-electron chi connectivity index (χ4n) is 2.81. The second-order valence-corrected chi connectivity index (χ2v) is 5.55. The first kappa shape index (κ1) is 16.8. The van der Waals surface area contributed by atoms with E-state index in [0.29, 0.717) is 29.2 Å². The predicted molar refractivity (Wildman–Crippen MR) is 91.5 cm³/mol. The minimum atomic E-state index is -0.440. The molecule has 0 unspecified atom stereocenters. The Labute approximate surface area is 145 Å². The summed E-state index contributed by atoms with van der Waals surface area (Å²) in [6.07, 6.45) is 7.01. The van der Waals surface area contributed by atoms with Gasteiger partial charge in [0.05, 0.1) is 38.6 Å². The number of carbonyl (C=O) groups is 2. The number of ether oxygens (including phenoxy) is 3. The van der Waals surface area contributed by atoms with Crippen molar-refractivity contribution in [2.45, 2.75) is 12.5 Å². The van der Waals surface area contributed by atoms with E-state index in [1.54, 1.807) is 35.5 Å². The topological polar surface area (TPSA) is 77.4 Å². The molecule has 0 bridgehead atoms. The lowest BCUT2D eigenvalue weighted by Gasteiger charge is -2.18. The molecule has 130 valence electrons. The Bertz CT molecular complexity index is 810. The Morgan fingerprint density at radius 2 is 1.96 bits per heavy atom. The van der Waals surface area contributed by atoms with Gasteiger partial charge in [-0.3, -0.25) is 9.79 Å². The van der Waals surface area contributed by atoms with Gasteiger partial charge in [0.2, 0.25) is 0 Å². The maximum atomic E-state index is 12.9. The Morgan fingerprint density at radius 1 is 1.24 bits per heavy atom. The summed E-state index contributed by atoms with van der Waals surface area (Å²) in [6, 6.07) is 3.12. The highest BCUT2D eigenvalue weighted by Gasteiger charge is 2.32. The molecule has 0 spiro atoms. The molecule has 0 aliphatic carbocycles. The van der Waals surface area contributed by atoms with Gasteiger partial charge in [-0.1, -0.05) is 6.08 Å². The molecule has 0 N–H and O–H groups in total. The molecule has 1 aromatic carbocycles. The van der Waals surface area contributed by atoms with Crippen LogP contribution in [0.4, 0.5) is 5.69 Å². The molecular formula is C18H18N2O5. The van der Waals surface area contributed by atoms with Crippen LogP contribution in [0.15, 0.2) is 41.1 Å². The Balaban J connectivity index is 1.94. The molecule has 2 aliphatic rings. The number of methoxy groups -OCH3 is 3. The largest absolute Gasteiger partial charge is 0.493 e. The van der Waals surface area contributed by atoms with E-state index in [2.05, 4.69) is 9.73 Å². The van der Waals surface area contributed by atoms with E-state index in [0.717, 1.165) is 5.57 Å². The van der Waals surface area contributed by atoms with Crippen LogP contribution in [0.2, 0.25) is 0 Å². The van der Waals surface area contributed by atoms with Gasteiger partial charge in [-0.2, -0.15) is 0 Å². The van der Waals surface area contributed by atoms with Crippen LogP contribution in [0.5, 0.6) is 11.5 Å². The molecule has 3 rings (SSSR count). The molecule has 7 nitrogen and oxygen atoms in total. The van der Waals surface area contributed by atoms with E-state index < -0.39 is 5.97 Å². The molecule has 2 aliphatic heterocycles. The van der Waals surface area contributed by atoms with Crippen LogP contribution in [0.3, 0.4) is 0 Å². The SMILES string of the molecule is COC(=O)/C=C/C1=CN2C(=O)c3cc(OC)c(OC)cc3N=C[C@@H]2C1. The molecule has 1 aromatic rings. The van der Waals surface area contributed by atoms with Crippen LogP contribution in [0.1, 0.15) is 16.8 Å². The van der Waals surface area contributed by atoms with Crippen LogP contribution in [0, 0.1) is 0 Å². The number of amides is 1. The van der Waals surface area contributed by atoms with Crippen molar-refractivity contribution in [2.24, 2.45) is 4.99 Å². The van der Waals surface area contributed by atoms with Crippen molar-refractivity contribution in [1.29, 1.82) is 0 Å². The summed E-state index contributed by atoms with van der Waals surface area (Å²) in [7, 11) is 4.37. The fourth-order valence-corrected chi connectivity index (χ4v) is 2.81. The fraction of sp³-hybridized carbons (Fsp3) is 0.278. The average molecular weight is 342 g/mol. The minimum absolute atomic E-state index is 0.181. The zero-order chi connectivity index (χ0) is 18.0. The second kappa shape index (κ2) is 6.80. The molecule has 0 saturated heterocycles. The van der Waals surface area contributed by atoms with E-state index in [-0.39, 0.29) is 11.9 Å². The molecule has 7 heteroatoms. The number of rotatable bonds is 4. The van der Waals surface area contributed by atoms with Crippen molar-refractivity contribution in [3.05, 3.63) is 41.6 Å². The van der Waals surface area contributed by atoms with Gasteiger partial charge in [-0.15, -0.1) is 0 Å². The number of fused-ring (bicyclic) bond motifs is 2. The summed E-state index contributed by atoms with van der Waals surface area (Å²) < 4.78 is 15.1. The molecular weight excluding hydrogens is 324 g/mol. The third kappa shape index (κ3) is 3.13. The lowest BCUT2D eigenvalue weighted by molar-refractivity contribution is -0.134. The van der Waals surface area contributed by atoms with Gasteiger partial charge < -0.3 is 19.1 Å². The van der Waals surface area contributed by atoms with Gasteiger partial charge >= 0.3 is 5.97 Å². The molecule has 0 fully saturated rings. The highest BCUT2D eigenvalue weighted by molar-refractivity contribution is 6.04. The van der Waals surface area contributed by atoms with E-state index in [1.807, 2.05) is 0 Å². The number of carbonyl (C=O) groups excluding carboxylic acids is 2. The van der Waals surface area contributed by atoms with Gasteiger partial charge in [0.1, 0.15) is 0 Å². The van der Waals surface area contributed by atoms with Crippen molar-refractivity contribution in [3.8, 4) is 11.5 Å². The Morgan fingerprint density at radius 3 is 2.64 bits per heavy atom. The summed E-state index contributed by atoms with van der Waals surface area (Å²) in [5, 5.41) is 0. The van der Waals surface area contributed by atoms with Crippen LogP contribution >= 0.6 is 0 Å². The number of hydrogen-bond donors (Lipinski definition) is 0. The van der Waals surface area contributed by atoms with Crippen molar-refractivity contribution in [2.75, 3.05) is 21.3 Å². The summed E-state index contributed by atoms with van der Waals surface area (Å²) in [5.74, 6) is 0.368. The second-order valence-electron chi connectivity index (χ2n) is 5.55. The summed E-state index contributed by atoms with van der Waals surface area (Å²) in [5.41, 5.74) is 1.82. The third-order valence-electron chi connectivity index (χ3n) is 4.09. The predicted octanol–water partition coefficient (Wildman–Crippen LogP) is 2.25. The van der Waals surface area contributed by atoms with Crippen molar-refractivity contribution >= 4 is 23.8 Å². The molecule has 1 atom stereocenters. The molecule has 2 heterocycles. The molecule has 0 radical (unpaired) electrons. The highest BCUT2D eigenvalue weighted by atomic mass is 16.5. The zero-order valence-corrected chi connectivity index (χ0v) is 14.2. The summed E-state index contributed by atoms with van der Waals surface area (Å²) >= 11 is 0. The van der Waals surface area contributed by atoms with Gasteiger partial charge in [-0.25, -0.2) is 4.79 Å². The summed E-state index contributed by atoms with van der Waals surface area (Å²) in [4.78, 5) is 30.2. The van der Waals surface area contributed by atoms with Gasteiger partial charge in [0.15, 0.2) is 11.5 Å². The monoisotopic (exact) mass is 342 g/mol. The quantitative estimate of drug-likeness (QED) is 0.619. The first-order valence-corrected chi connectivity index (χ1v) is 7.67. The number of nitrogens with zero attached hydrogens (tertiary/aromatic N) is 2. The molecule has 1 amide bonds. The van der Waals surface area contributed by atoms with Gasteiger partial charge in [0, 0.05) is 24.6 Å². The normalized spacial score (nSPS) is 18.5. The third-order valence-corrected chi connectivity index (χ3v) is 4.09. The van der Waals surface area contributed by atoms with Crippen molar-refractivity contribution in [3.63, 3.8) is 0 Å². The highest BCUT2D eigenvalue weighted by Crippen LogP contribution is 2.38. The number of aliphatic imine (C=N–C) groups is 1. The number of benzene rings is 1. The van der Waals surface area contributed by atoms with E-state index in [1.165, 1.54) is 27.4 Å². The Hall–Kier alpha value is -3.09. The van der Waals surface area contributed by atoms with E-state index >= 15 is 0 Å². The average Bonchev–Trinajstić information content (AvgIpc) is 3.01. The van der Waals surface area contributed by atoms with Crippen LogP contribution < -0.4 is 9.47 Å². The minimum Gasteiger partial charge on any atom is -0.493 e. The first-order chi connectivity index (χ1) is 12.1. The maximum absolute atomic E-state index is 12.9. The molecule has 25 heavy (non-hydrogen) atoms. The maximum Gasteiger partial charge on any atom is 0.330 e. The zero-order valence-electron chi connectivity index (χ0n) is 14.2. The van der Waals surface area contributed by atoms with Crippen LogP contribution in [0.25, 0.3) is 0 Å². The first-order valence-electron chi connectivity index (χ1n) is 7.67.